The van der Waals surface area contributed by atoms with E-state index in [1.807, 2.05) is 48.5 Å². The van der Waals surface area contributed by atoms with Crippen molar-refractivity contribution >= 4 is 27.8 Å². The number of hydrogen-bond acceptors (Lipinski definition) is 6. The highest BCUT2D eigenvalue weighted by atomic mass is 32.2. The number of alkyl carbamates (subject to hydrolysis) is 1. The molecule has 3 N–H and O–H groups in total. The summed E-state index contributed by atoms with van der Waals surface area (Å²) >= 11 is 0. The van der Waals surface area contributed by atoms with Crippen molar-refractivity contribution in [3.05, 3.63) is 59.7 Å². The number of sulfone groups is 1. The van der Waals surface area contributed by atoms with Gasteiger partial charge in [0.1, 0.15) is 22.5 Å². The molecule has 0 aliphatic heterocycles. The van der Waals surface area contributed by atoms with Crippen LogP contribution in [-0.2, 0) is 24.2 Å². The molecule has 2 unspecified atom stereocenters. The Hall–Kier alpha value is -3.40. The lowest BCUT2D eigenvalue weighted by Gasteiger charge is -2.18. The monoisotopic (exact) mass is 488 g/mol. The third kappa shape index (κ3) is 6.57. The predicted octanol–water partition coefficient (Wildman–Crippen LogP) is 2.31. The van der Waals surface area contributed by atoms with E-state index in [1.165, 1.54) is 0 Å². The maximum Gasteiger partial charge on any atom is 0.407 e. The molecule has 0 radical (unpaired) electrons. The summed E-state index contributed by atoms with van der Waals surface area (Å²) in [5.41, 5.74) is 4.39. The fourth-order valence-electron chi connectivity index (χ4n) is 4.01. The Kier molecular flexibility index (Phi) is 7.93. The molecule has 2 amide bonds. The van der Waals surface area contributed by atoms with Crippen molar-refractivity contribution in [2.75, 3.05) is 18.6 Å². The van der Waals surface area contributed by atoms with Gasteiger partial charge in [0.25, 0.3) is 0 Å². The molecule has 0 bridgehead atoms. The third-order valence-corrected chi connectivity index (χ3v) is 6.59. The molecule has 0 heterocycles. The Balaban J connectivity index is 1.51. The van der Waals surface area contributed by atoms with Crippen LogP contribution in [0.4, 0.5) is 4.79 Å². The van der Waals surface area contributed by atoms with Crippen LogP contribution in [0.1, 0.15) is 36.8 Å². The van der Waals surface area contributed by atoms with E-state index in [4.69, 9.17) is 4.74 Å². The lowest BCUT2D eigenvalue weighted by molar-refractivity contribution is -0.141. The van der Waals surface area contributed by atoms with Gasteiger partial charge in [0, 0.05) is 24.6 Å². The molecule has 1 aliphatic carbocycles. The minimum Gasteiger partial charge on any atom is -0.480 e. The maximum absolute atomic E-state index is 12.3. The van der Waals surface area contributed by atoms with Crippen molar-refractivity contribution < 1.29 is 32.6 Å². The molecule has 2 atom stereocenters. The SMILES string of the molecule is CC(CC(=O)NC(CCS(C)(=O)=O)C(=O)O)NC(=O)OCC1c2ccccc2-c2ccccc21. The molecule has 2 aromatic rings. The van der Waals surface area contributed by atoms with Gasteiger partial charge >= 0.3 is 12.1 Å². The minimum absolute atomic E-state index is 0.0945. The van der Waals surface area contributed by atoms with E-state index in [0.717, 1.165) is 28.5 Å². The largest absolute Gasteiger partial charge is 0.480 e. The van der Waals surface area contributed by atoms with Gasteiger partial charge in [0.15, 0.2) is 0 Å². The molecule has 0 fully saturated rings. The van der Waals surface area contributed by atoms with Crippen molar-refractivity contribution in [1.29, 1.82) is 0 Å². The van der Waals surface area contributed by atoms with Crippen LogP contribution in [0.2, 0.25) is 0 Å². The van der Waals surface area contributed by atoms with Crippen molar-refractivity contribution in [3.8, 4) is 11.1 Å². The number of ether oxygens (including phenoxy) is 1. The average molecular weight is 489 g/mol. The first-order valence-electron chi connectivity index (χ1n) is 10.9. The van der Waals surface area contributed by atoms with Crippen LogP contribution < -0.4 is 10.6 Å². The predicted molar refractivity (Wildman–Crippen MR) is 126 cm³/mol. The van der Waals surface area contributed by atoms with E-state index in [-0.39, 0.29) is 31.1 Å². The molecule has 34 heavy (non-hydrogen) atoms. The zero-order valence-electron chi connectivity index (χ0n) is 19.0. The second kappa shape index (κ2) is 10.7. The quantitative estimate of drug-likeness (QED) is 0.466. The average Bonchev–Trinajstić information content (AvgIpc) is 3.08. The molecule has 1 aliphatic rings. The van der Waals surface area contributed by atoms with Gasteiger partial charge in [-0.25, -0.2) is 18.0 Å². The third-order valence-electron chi connectivity index (χ3n) is 5.61. The summed E-state index contributed by atoms with van der Waals surface area (Å²) in [6.45, 7) is 1.72. The highest BCUT2D eigenvalue weighted by Crippen LogP contribution is 2.44. The second-order valence-corrected chi connectivity index (χ2v) is 10.7. The van der Waals surface area contributed by atoms with Crippen LogP contribution in [0.3, 0.4) is 0 Å². The standard InChI is InChI=1S/C24H28N2O7S/c1-15(13-22(27)26-21(23(28)29)11-12-34(2,31)32)25-24(30)33-14-20-18-9-5-3-7-16(18)17-8-4-6-10-19(17)20/h3-10,15,20-21H,11-14H2,1-2H3,(H,25,30)(H,26,27)(H,28,29). The topological polar surface area (TPSA) is 139 Å². The Morgan fingerprint density at radius 1 is 1.00 bits per heavy atom. The zero-order valence-corrected chi connectivity index (χ0v) is 19.8. The summed E-state index contributed by atoms with van der Waals surface area (Å²) < 4.78 is 28.0. The number of benzene rings is 2. The van der Waals surface area contributed by atoms with Crippen LogP contribution in [-0.4, -0.2) is 62.2 Å². The van der Waals surface area contributed by atoms with Crippen molar-refractivity contribution in [2.45, 2.75) is 37.8 Å². The van der Waals surface area contributed by atoms with Crippen LogP contribution in [0.5, 0.6) is 0 Å². The molecular weight excluding hydrogens is 460 g/mol. The molecule has 2 aromatic carbocycles. The molecule has 182 valence electrons. The number of nitrogens with one attached hydrogen (secondary N) is 2. The molecular formula is C24H28N2O7S. The van der Waals surface area contributed by atoms with Crippen molar-refractivity contribution in [2.24, 2.45) is 0 Å². The van der Waals surface area contributed by atoms with Gasteiger partial charge in [0.2, 0.25) is 5.91 Å². The minimum atomic E-state index is -3.37. The van der Waals surface area contributed by atoms with E-state index >= 15 is 0 Å². The first-order chi connectivity index (χ1) is 16.0. The normalized spacial score (nSPS) is 14.4. The van der Waals surface area contributed by atoms with Gasteiger partial charge in [-0.3, -0.25) is 4.79 Å². The van der Waals surface area contributed by atoms with Crippen LogP contribution >= 0.6 is 0 Å². The number of amides is 2. The smallest absolute Gasteiger partial charge is 0.407 e. The molecule has 3 rings (SSSR count). The molecule has 0 spiro atoms. The van der Waals surface area contributed by atoms with Gasteiger partial charge in [-0.05, 0) is 35.6 Å². The van der Waals surface area contributed by atoms with Gasteiger partial charge in [0.05, 0.1) is 5.75 Å². The van der Waals surface area contributed by atoms with E-state index in [1.54, 1.807) is 6.92 Å². The summed E-state index contributed by atoms with van der Waals surface area (Å²) in [5, 5.41) is 14.1. The first-order valence-corrected chi connectivity index (χ1v) is 12.9. The van der Waals surface area contributed by atoms with Crippen molar-refractivity contribution in [3.63, 3.8) is 0 Å². The molecule has 0 saturated carbocycles. The summed E-state index contributed by atoms with van der Waals surface area (Å²) in [6.07, 6.45) is -0.122. The molecule has 10 heteroatoms. The molecule has 9 nitrogen and oxygen atoms in total. The Morgan fingerprint density at radius 2 is 1.56 bits per heavy atom. The maximum atomic E-state index is 12.3. The van der Waals surface area contributed by atoms with Crippen LogP contribution in [0.15, 0.2) is 48.5 Å². The summed E-state index contributed by atoms with van der Waals surface area (Å²) in [6, 6.07) is 14.0. The zero-order chi connectivity index (χ0) is 24.9. The Morgan fingerprint density at radius 3 is 2.09 bits per heavy atom. The van der Waals surface area contributed by atoms with Crippen molar-refractivity contribution in [1.82, 2.24) is 10.6 Å². The number of hydrogen-bond donors (Lipinski definition) is 3. The van der Waals surface area contributed by atoms with Crippen LogP contribution in [0.25, 0.3) is 11.1 Å². The Bertz CT molecular complexity index is 1130. The van der Waals surface area contributed by atoms with E-state index in [9.17, 15) is 27.9 Å². The van der Waals surface area contributed by atoms with E-state index in [0.29, 0.717) is 0 Å². The highest BCUT2D eigenvalue weighted by molar-refractivity contribution is 7.90. The highest BCUT2D eigenvalue weighted by Gasteiger charge is 2.29. The van der Waals surface area contributed by atoms with Gasteiger partial charge in [-0.1, -0.05) is 48.5 Å². The lowest BCUT2D eigenvalue weighted by Crippen LogP contribution is -2.44. The van der Waals surface area contributed by atoms with Gasteiger partial charge in [-0.15, -0.1) is 0 Å². The first kappa shape index (κ1) is 25.2. The van der Waals surface area contributed by atoms with Crippen LogP contribution in [0, 0.1) is 0 Å². The Labute approximate surface area is 198 Å². The summed E-state index contributed by atoms with van der Waals surface area (Å²) in [4.78, 5) is 35.8. The van der Waals surface area contributed by atoms with Gasteiger partial charge in [-0.2, -0.15) is 0 Å². The number of aliphatic carboxylic acids is 1. The van der Waals surface area contributed by atoms with E-state index < -0.39 is 39.9 Å². The number of fused-ring (bicyclic) bond motifs is 3. The summed E-state index contributed by atoms with van der Waals surface area (Å²) in [5.74, 6) is -2.40. The fourth-order valence-corrected chi connectivity index (χ4v) is 4.68. The number of carbonyl (C=O) groups excluding carboxylic acids is 2. The summed E-state index contributed by atoms with van der Waals surface area (Å²) in [7, 11) is -3.37. The number of carboxylic acids is 1. The second-order valence-electron chi connectivity index (χ2n) is 8.45. The number of carbonyl (C=O) groups is 3. The molecule has 0 aromatic heterocycles. The molecule has 0 saturated heterocycles. The lowest BCUT2D eigenvalue weighted by atomic mass is 9.98. The fraction of sp³-hybridized carbons (Fsp3) is 0.375. The van der Waals surface area contributed by atoms with E-state index in [2.05, 4.69) is 10.6 Å². The van der Waals surface area contributed by atoms with Gasteiger partial charge < -0.3 is 20.5 Å². The number of rotatable bonds is 10. The number of carboxylic acid groups (broad SMARTS) is 1.